The van der Waals surface area contributed by atoms with Crippen LogP contribution in [0.5, 0.6) is 0 Å². The van der Waals surface area contributed by atoms with E-state index in [1.54, 1.807) is 36.7 Å². The number of nitrogens with zero attached hydrogens (tertiary/aromatic N) is 2. The molecule has 4 atom stereocenters. The number of hydrazine groups is 2. The van der Waals surface area contributed by atoms with Crippen LogP contribution in [0.25, 0.3) is 22.5 Å². The van der Waals surface area contributed by atoms with Crippen LogP contribution in [-0.4, -0.2) is 93.4 Å². The molecule has 2 heterocycles. The number of nitrogens with two attached hydrogens (primary N) is 2. The van der Waals surface area contributed by atoms with Crippen molar-refractivity contribution in [2.75, 3.05) is 26.2 Å². The fourth-order valence-corrected chi connectivity index (χ4v) is 7.72. The third-order valence-electron chi connectivity index (χ3n) is 11.6. The summed E-state index contributed by atoms with van der Waals surface area (Å²) in [6.07, 6.45) is 14.5. The zero-order chi connectivity index (χ0) is 48.9. The van der Waals surface area contributed by atoms with Gasteiger partial charge in [-0.2, -0.15) is 0 Å². The molecule has 0 bridgehead atoms. The minimum Gasteiger partial charge on any atom is -0.366 e. The van der Waals surface area contributed by atoms with Gasteiger partial charge >= 0.3 is 0 Å². The summed E-state index contributed by atoms with van der Waals surface area (Å²) < 4.78 is 0. The zero-order valence-electron chi connectivity index (χ0n) is 39.9. The Morgan fingerprint density at radius 3 is 1.22 bits per heavy atom. The van der Waals surface area contributed by atoms with Crippen molar-refractivity contribution in [3.8, 4) is 22.5 Å². The average molecular weight is 925 g/mol. The normalized spacial score (nSPS) is 13.3. The van der Waals surface area contributed by atoms with Crippen molar-refractivity contribution in [3.63, 3.8) is 0 Å². The van der Waals surface area contributed by atoms with Gasteiger partial charge in [-0.3, -0.25) is 50.5 Å². The highest BCUT2D eigenvalue weighted by Crippen LogP contribution is 2.25. The summed E-state index contributed by atoms with van der Waals surface area (Å²) >= 11 is 0. The number of Topliss-reactive ketones (excluding diaryl/α,β-unsaturated/α-hetero) is 2. The molecular weight excluding hydrogens is 853 g/mol. The number of primary amides is 2. The first kappa shape index (κ1) is 53.5. The first-order valence-corrected chi connectivity index (χ1v) is 23.5. The van der Waals surface area contributed by atoms with Crippen LogP contribution in [0.1, 0.15) is 141 Å². The molecule has 12 N–H and O–H groups in total. The third-order valence-corrected chi connectivity index (χ3v) is 11.6. The van der Waals surface area contributed by atoms with E-state index in [0.717, 1.165) is 58.0 Å². The first-order valence-electron chi connectivity index (χ1n) is 23.5. The number of hydrogen-bond donors (Lipinski definition) is 10. The van der Waals surface area contributed by atoms with Crippen LogP contribution in [0.3, 0.4) is 0 Å². The number of H-pyrrole nitrogens is 2. The Morgan fingerprint density at radius 2 is 0.896 bits per heavy atom. The van der Waals surface area contributed by atoms with Crippen molar-refractivity contribution in [2.24, 2.45) is 35.1 Å². The van der Waals surface area contributed by atoms with Gasteiger partial charge in [-0.25, -0.2) is 9.97 Å². The highest BCUT2D eigenvalue weighted by atomic mass is 16.2. The van der Waals surface area contributed by atoms with Crippen LogP contribution >= 0.6 is 0 Å². The maximum absolute atomic E-state index is 13.7. The Kier molecular flexibility index (Phi) is 22.0. The van der Waals surface area contributed by atoms with E-state index < -0.39 is 23.9 Å². The van der Waals surface area contributed by atoms with Crippen LogP contribution in [-0.2, 0) is 9.59 Å². The molecule has 0 spiro atoms. The lowest BCUT2D eigenvalue weighted by atomic mass is 9.90. The number of aromatic amines is 2. The second-order valence-corrected chi connectivity index (χ2v) is 18.2. The Labute approximate surface area is 394 Å². The number of unbranched alkanes of at least 4 members (excludes halogenated alkanes) is 6. The number of hydrogen-bond acceptors (Lipinski definition) is 12. The van der Waals surface area contributed by atoms with E-state index in [1.165, 1.54) is 24.8 Å². The van der Waals surface area contributed by atoms with Gasteiger partial charge in [-0.1, -0.05) is 85.8 Å². The molecule has 0 saturated heterocycles. The van der Waals surface area contributed by atoms with Crippen molar-refractivity contribution in [1.29, 1.82) is 0 Å². The minimum atomic E-state index is -0.832. The second-order valence-electron chi connectivity index (χ2n) is 18.2. The number of carbonyl (C=O) groups is 6. The van der Waals surface area contributed by atoms with Crippen molar-refractivity contribution >= 4 is 35.2 Å². The molecule has 18 heteroatoms. The van der Waals surface area contributed by atoms with Gasteiger partial charge in [0.1, 0.15) is 0 Å². The van der Waals surface area contributed by atoms with E-state index in [-0.39, 0.29) is 82.1 Å². The van der Waals surface area contributed by atoms with Crippen molar-refractivity contribution in [1.82, 2.24) is 52.3 Å². The Hall–Kier alpha value is -6.08. The maximum Gasteiger partial charge on any atom is 0.249 e. The largest absolute Gasteiger partial charge is 0.366 e. The molecule has 364 valence electrons. The fourth-order valence-electron chi connectivity index (χ4n) is 7.72. The van der Waals surface area contributed by atoms with Gasteiger partial charge in [-0.15, -0.1) is 0 Å². The Morgan fingerprint density at radius 1 is 0.522 bits per heavy atom. The quantitative estimate of drug-likeness (QED) is 0.0176. The number of ketones is 2. The summed E-state index contributed by atoms with van der Waals surface area (Å²) in [5, 5.41) is 5.80. The number of carbonyl (C=O) groups excluding carboxylic acids is 6. The van der Waals surface area contributed by atoms with Gasteiger partial charge in [0.15, 0.2) is 11.6 Å². The molecule has 0 aliphatic rings. The molecule has 0 fully saturated rings. The number of amides is 4. The fraction of sp³-hybridized carbons (Fsp3) is 0.510. The molecule has 67 heavy (non-hydrogen) atoms. The lowest BCUT2D eigenvalue weighted by Gasteiger charge is -2.23. The second kappa shape index (κ2) is 27.5. The Balaban J connectivity index is 1.02. The average Bonchev–Trinajstić information content (AvgIpc) is 4.04. The van der Waals surface area contributed by atoms with Gasteiger partial charge in [0.05, 0.1) is 59.6 Å². The molecule has 2 aromatic carbocycles. The first-order chi connectivity index (χ1) is 32.1. The van der Waals surface area contributed by atoms with Crippen molar-refractivity contribution in [3.05, 3.63) is 83.7 Å². The van der Waals surface area contributed by atoms with Crippen molar-refractivity contribution in [2.45, 2.75) is 111 Å². The summed E-state index contributed by atoms with van der Waals surface area (Å²) in [5.74, 6) is -3.10. The summed E-state index contributed by atoms with van der Waals surface area (Å²) in [6.45, 7) is 14.1. The molecule has 4 amide bonds. The number of rotatable bonds is 32. The predicted octanol–water partition coefficient (Wildman–Crippen LogP) is 4.98. The summed E-state index contributed by atoms with van der Waals surface area (Å²) in [6, 6.07) is 8.01. The number of imidazole rings is 2. The molecule has 4 rings (SSSR count). The van der Waals surface area contributed by atoms with Gasteiger partial charge < -0.3 is 32.1 Å². The van der Waals surface area contributed by atoms with Crippen LogP contribution < -0.4 is 43.8 Å². The third kappa shape index (κ3) is 17.3. The van der Waals surface area contributed by atoms with Gasteiger partial charge in [0, 0.05) is 61.3 Å². The molecule has 2 aromatic heterocycles. The zero-order valence-corrected chi connectivity index (χ0v) is 39.9. The van der Waals surface area contributed by atoms with E-state index in [2.05, 4.69) is 52.3 Å². The number of aromatic nitrogens is 4. The Bertz CT molecular complexity index is 2050. The molecular formula is C49H72N12O6. The van der Waals surface area contributed by atoms with Crippen LogP contribution in [0.4, 0.5) is 0 Å². The van der Waals surface area contributed by atoms with E-state index in [4.69, 9.17) is 11.5 Å². The van der Waals surface area contributed by atoms with E-state index in [9.17, 15) is 28.8 Å². The maximum atomic E-state index is 13.7. The number of nitrogens with one attached hydrogen (secondary N) is 8. The molecule has 4 aromatic rings. The molecule has 4 unspecified atom stereocenters. The monoisotopic (exact) mass is 925 g/mol. The van der Waals surface area contributed by atoms with Gasteiger partial charge in [-0.05, 0) is 60.8 Å². The summed E-state index contributed by atoms with van der Waals surface area (Å²) in [5.41, 5.74) is 27.4. The highest BCUT2D eigenvalue weighted by molar-refractivity contribution is 6.12. The molecule has 18 nitrogen and oxygen atoms in total. The predicted molar refractivity (Wildman–Crippen MR) is 259 cm³/mol. The molecule has 0 aliphatic carbocycles. The topological polar surface area (TPSA) is 284 Å². The van der Waals surface area contributed by atoms with Gasteiger partial charge in [0.2, 0.25) is 23.6 Å². The van der Waals surface area contributed by atoms with Gasteiger partial charge in [0.25, 0.3) is 0 Å². The summed E-state index contributed by atoms with van der Waals surface area (Å²) in [4.78, 5) is 92.1. The molecule has 0 radical (unpaired) electrons. The summed E-state index contributed by atoms with van der Waals surface area (Å²) in [7, 11) is 0. The molecule has 0 saturated carbocycles. The SMILES string of the molecule is CC(CNNCCCCCCCCCNNCC(C)CC(=O)NC(C(=O)c1cc(-c2cnc[nH]2)ccc1C(N)=O)C(C)C)CC(=O)NC(C(=O)c1cc(-c2cnc[nH]2)ccc1C(N)=O)C(C)C. The van der Waals surface area contributed by atoms with Crippen LogP contribution in [0.15, 0.2) is 61.4 Å². The van der Waals surface area contributed by atoms with E-state index in [1.807, 2.05) is 41.5 Å². The standard InChI is InChI=1S/C49H72N12O6/c1-30(2)44(46(64)38-22-34(40-26-52-28-54-40)14-16-36(38)48(50)66)60-42(62)20-32(5)24-58-56-18-12-10-8-7-9-11-13-19-57-59-25-33(6)21-43(63)61-45(31(3)4)47(65)39-23-35(41-27-53-29-55-41)15-17-37(39)49(51)67/h14-17,22-23,26-33,44-45,56-59H,7-13,18-21,24-25H2,1-6H3,(H2,50,66)(H2,51,67)(H,52,54)(H,53,55)(H,60,62)(H,61,63). The van der Waals surface area contributed by atoms with Crippen molar-refractivity contribution < 1.29 is 28.8 Å². The van der Waals surface area contributed by atoms with E-state index >= 15 is 0 Å². The minimum absolute atomic E-state index is 0.00634. The van der Waals surface area contributed by atoms with Crippen LogP contribution in [0.2, 0.25) is 0 Å². The lowest BCUT2D eigenvalue weighted by molar-refractivity contribution is -0.123. The number of benzene rings is 2. The smallest absolute Gasteiger partial charge is 0.249 e. The van der Waals surface area contributed by atoms with E-state index in [0.29, 0.717) is 35.6 Å². The lowest BCUT2D eigenvalue weighted by Crippen LogP contribution is -2.46. The molecule has 0 aliphatic heterocycles. The van der Waals surface area contributed by atoms with Crippen LogP contribution in [0, 0.1) is 23.7 Å². The highest BCUT2D eigenvalue weighted by Gasteiger charge is 2.30.